The van der Waals surface area contributed by atoms with Crippen molar-refractivity contribution >= 4 is 34.1 Å². The number of hydrogen-bond acceptors (Lipinski definition) is 5. The number of amides is 2. The molecule has 0 saturated heterocycles. The first-order chi connectivity index (χ1) is 14.0. The maximum absolute atomic E-state index is 12.5. The number of nitrogens with zero attached hydrogens (tertiary/aromatic N) is 3. The van der Waals surface area contributed by atoms with Crippen molar-refractivity contribution in [3.05, 3.63) is 60.6 Å². The summed E-state index contributed by atoms with van der Waals surface area (Å²) in [4.78, 5) is 23.6. The fraction of sp³-hybridized carbons (Fsp3) is 0.143. The van der Waals surface area contributed by atoms with E-state index < -0.39 is 0 Å². The number of fused-ring (bicyclic) bond motifs is 1. The highest BCUT2D eigenvalue weighted by Gasteiger charge is 2.11. The zero-order valence-electron chi connectivity index (χ0n) is 16.0. The van der Waals surface area contributed by atoms with E-state index in [4.69, 9.17) is 4.42 Å². The Morgan fingerprint density at radius 1 is 1.00 bits per heavy atom. The Morgan fingerprint density at radius 3 is 2.38 bits per heavy atom. The summed E-state index contributed by atoms with van der Waals surface area (Å²) in [7, 11) is 0. The van der Waals surface area contributed by atoms with Crippen molar-refractivity contribution in [2.45, 2.75) is 20.4 Å². The molecule has 2 aromatic carbocycles. The van der Waals surface area contributed by atoms with Gasteiger partial charge in [0, 0.05) is 42.5 Å². The van der Waals surface area contributed by atoms with Crippen LogP contribution < -0.4 is 10.6 Å². The standard InChI is InChI=1S/C21H19N5O3/c1-13(27)22-17-5-7-18(8-6-17)23-20(28)12-26-10-9-15-3-4-16(11-19(15)26)21-25-24-14(2)29-21/h3-11H,12H2,1-2H3,(H,22,27)(H,23,28). The summed E-state index contributed by atoms with van der Waals surface area (Å²) >= 11 is 0. The Morgan fingerprint density at radius 2 is 1.72 bits per heavy atom. The number of rotatable bonds is 5. The average molecular weight is 389 g/mol. The second-order valence-corrected chi connectivity index (χ2v) is 6.65. The first kappa shape index (κ1) is 18.4. The lowest BCUT2D eigenvalue weighted by Gasteiger charge is -2.09. The molecule has 2 heterocycles. The van der Waals surface area contributed by atoms with Gasteiger partial charge in [-0.1, -0.05) is 6.07 Å². The smallest absolute Gasteiger partial charge is 0.247 e. The highest BCUT2D eigenvalue weighted by molar-refractivity contribution is 5.93. The molecule has 0 fully saturated rings. The fourth-order valence-electron chi connectivity index (χ4n) is 3.06. The molecule has 8 heteroatoms. The molecule has 0 aliphatic heterocycles. The van der Waals surface area contributed by atoms with Gasteiger partial charge >= 0.3 is 0 Å². The van der Waals surface area contributed by atoms with Crippen molar-refractivity contribution < 1.29 is 14.0 Å². The van der Waals surface area contributed by atoms with Crippen LogP contribution in [-0.4, -0.2) is 26.6 Å². The fourth-order valence-corrected chi connectivity index (χ4v) is 3.06. The number of aromatic nitrogens is 3. The summed E-state index contributed by atoms with van der Waals surface area (Å²) in [5, 5.41) is 14.5. The minimum Gasteiger partial charge on any atom is -0.421 e. The van der Waals surface area contributed by atoms with Gasteiger partial charge in [-0.15, -0.1) is 10.2 Å². The maximum atomic E-state index is 12.5. The summed E-state index contributed by atoms with van der Waals surface area (Å²) in [6.45, 7) is 3.34. The normalized spacial score (nSPS) is 10.8. The molecule has 29 heavy (non-hydrogen) atoms. The predicted molar refractivity (Wildman–Crippen MR) is 109 cm³/mol. The second kappa shape index (κ2) is 7.59. The van der Waals surface area contributed by atoms with Crippen LogP contribution in [0.25, 0.3) is 22.4 Å². The van der Waals surface area contributed by atoms with Crippen LogP contribution in [0.15, 0.2) is 59.1 Å². The van der Waals surface area contributed by atoms with Crippen LogP contribution >= 0.6 is 0 Å². The van der Waals surface area contributed by atoms with Crippen LogP contribution in [0, 0.1) is 6.92 Å². The van der Waals surface area contributed by atoms with E-state index in [0.717, 1.165) is 16.5 Å². The molecule has 2 aromatic heterocycles. The number of carbonyl (C=O) groups is 2. The number of anilines is 2. The van der Waals surface area contributed by atoms with E-state index in [2.05, 4.69) is 20.8 Å². The van der Waals surface area contributed by atoms with Crippen molar-refractivity contribution in [2.24, 2.45) is 0 Å². The Bertz CT molecular complexity index is 1190. The molecule has 4 rings (SSSR count). The SMILES string of the molecule is CC(=O)Nc1ccc(NC(=O)Cn2ccc3ccc(-c4nnc(C)o4)cc32)cc1. The van der Waals surface area contributed by atoms with Crippen molar-refractivity contribution in [1.29, 1.82) is 0 Å². The largest absolute Gasteiger partial charge is 0.421 e. The zero-order chi connectivity index (χ0) is 20.4. The number of carbonyl (C=O) groups excluding carboxylic acids is 2. The van der Waals surface area contributed by atoms with Gasteiger partial charge in [-0.05, 0) is 47.9 Å². The van der Waals surface area contributed by atoms with Gasteiger partial charge in [0.2, 0.25) is 23.6 Å². The highest BCUT2D eigenvalue weighted by atomic mass is 16.4. The first-order valence-electron chi connectivity index (χ1n) is 9.05. The minimum absolute atomic E-state index is 0.142. The third-order valence-electron chi connectivity index (χ3n) is 4.35. The lowest BCUT2D eigenvalue weighted by Crippen LogP contribution is -2.18. The van der Waals surface area contributed by atoms with E-state index >= 15 is 0 Å². The molecule has 0 aliphatic carbocycles. The number of benzene rings is 2. The minimum atomic E-state index is -0.159. The third kappa shape index (κ3) is 4.16. The van der Waals surface area contributed by atoms with Crippen LogP contribution in [0.2, 0.25) is 0 Å². The summed E-state index contributed by atoms with van der Waals surface area (Å²) in [6.07, 6.45) is 1.87. The lowest BCUT2D eigenvalue weighted by molar-refractivity contribution is -0.116. The predicted octanol–water partition coefficient (Wildman–Crippen LogP) is 3.60. The van der Waals surface area contributed by atoms with Crippen molar-refractivity contribution in [1.82, 2.24) is 14.8 Å². The van der Waals surface area contributed by atoms with Crippen LogP contribution in [-0.2, 0) is 16.1 Å². The molecule has 0 unspecified atom stereocenters. The van der Waals surface area contributed by atoms with Crippen LogP contribution in [0.4, 0.5) is 11.4 Å². The van der Waals surface area contributed by atoms with E-state index in [9.17, 15) is 9.59 Å². The number of aryl methyl sites for hydroxylation is 1. The van der Waals surface area contributed by atoms with E-state index in [0.29, 0.717) is 23.2 Å². The van der Waals surface area contributed by atoms with E-state index in [-0.39, 0.29) is 18.4 Å². The number of nitrogens with one attached hydrogen (secondary N) is 2. The van der Waals surface area contributed by atoms with Gasteiger partial charge in [0.15, 0.2) is 0 Å². The summed E-state index contributed by atoms with van der Waals surface area (Å²) in [5.41, 5.74) is 3.03. The van der Waals surface area contributed by atoms with Gasteiger partial charge in [0.1, 0.15) is 6.54 Å². The summed E-state index contributed by atoms with van der Waals surface area (Å²) in [6, 6.07) is 14.7. The monoisotopic (exact) mass is 389 g/mol. The van der Waals surface area contributed by atoms with Crippen LogP contribution in [0.3, 0.4) is 0 Å². The molecule has 8 nitrogen and oxygen atoms in total. The van der Waals surface area contributed by atoms with Gasteiger partial charge in [-0.25, -0.2) is 0 Å². The number of hydrogen-bond donors (Lipinski definition) is 2. The summed E-state index contributed by atoms with van der Waals surface area (Å²) in [5.74, 6) is 0.644. The van der Waals surface area contributed by atoms with E-state index in [1.807, 2.05) is 35.0 Å². The van der Waals surface area contributed by atoms with E-state index in [1.165, 1.54) is 6.92 Å². The second-order valence-electron chi connectivity index (χ2n) is 6.65. The molecule has 2 N–H and O–H groups in total. The van der Waals surface area contributed by atoms with Crippen LogP contribution in [0.1, 0.15) is 12.8 Å². The average Bonchev–Trinajstić information content (AvgIpc) is 3.29. The summed E-state index contributed by atoms with van der Waals surface area (Å²) < 4.78 is 7.36. The van der Waals surface area contributed by atoms with Crippen LogP contribution in [0.5, 0.6) is 0 Å². The van der Waals surface area contributed by atoms with Crippen molar-refractivity contribution in [3.63, 3.8) is 0 Å². The van der Waals surface area contributed by atoms with Gasteiger partial charge in [0.25, 0.3) is 0 Å². The molecule has 0 saturated carbocycles. The Balaban J connectivity index is 1.49. The highest BCUT2D eigenvalue weighted by Crippen LogP contribution is 2.24. The van der Waals surface area contributed by atoms with Crippen molar-refractivity contribution in [2.75, 3.05) is 10.6 Å². The molecular formula is C21H19N5O3. The maximum Gasteiger partial charge on any atom is 0.247 e. The molecule has 0 radical (unpaired) electrons. The molecule has 0 spiro atoms. The van der Waals surface area contributed by atoms with E-state index in [1.54, 1.807) is 31.2 Å². The first-order valence-corrected chi connectivity index (χ1v) is 9.05. The van der Waals surface area contributed by atoms with Gasteiger partial charge in [-0.2, -0.15) is 0 Å². The molecule has 146 valence electrons. The molecule has 0 bridgehead atoms. The molecule has 0 atom stereocenters. The van der Waals surface area contributed by atoms with Crippen molar-refractivity contribution in [3.8, 4) is 11.5 Å². The molecule has 0 aliphatic rings. The van der Waals surface area contributed by atoms with Gasteiger partial charge in [0.05, 0.1) is 0 Å². The Hall–Kier alpha value is -3.94. The molecule has 2 amide bonds. The Kier molecular flexibility index (Phi) is 4.82. The zero-order valence-corrected chi connectivity index (χ0v) is 16.0. The topological polar surface area (TPSA) is 102 Å². The van der Waals surface area contributed by atoms with Gasteiger partial charge < -0.3 is 19.6 Å². The molecule has 4 aromatic rings. The Labute approximate surface area is 166 Å². The molecular weight excluding hydrogens is 370 g/mol. The van der Waals surface area contributed by atoms with Gasteiger partial charge in [-0.3, -0.25) is 9.59 Å². The third-order valence-corrected chi connectivity index (χ3v) is 4.35. The lowest BCUT2D eigenvalue weighted by atomic mass is 10.1. The quantitative estimate of drug-likeness (QED) is 0.543.